The summed E-state index contributed by atoms with van der Waals surface area (Å²) in [7, 11) is 0. The smallest absolute Gasteiger partial charge is 0.252 e. The quantitative estimate of drug-likeness (QED) is 0.666. The van der Waals surface area contributed by atoms with Crippen molar-refractivity contribution >= 4 is 5.91 Å². The van der Waals surface area contributed by atoms with Crippen LogP contribution in [0.15, 0.2) is 24.8 Å². The third-order valence-corrected chi connectivity index (χ3v) is 2.58. The molecule has 2 aromatic rings. The number of pyridine rings is 1. The van der Waals surface area contributed by atoms with Gasteiger partial charge in [0.05, 0.1) is 12.2 Å². The molecule has 0 unspecified atom stereocenters. The first-order valence-electron chi connectivity index (χ1n) is 6.47. The van der Waals surface area contributed by atoms with Gasteiger partial charge in [-0.2, -0.15) is 5.10 Å². The molecule has 0 atom stereocenters. The van der Waals surface area contributed by atoms with Gasteiger partial charge in [0.1, 0.15) is 12.2 Å². The lowest BCUT2D eigenvalue weighted by atomic mass is 10.2. The summed E-state index contributed by atoms with van der Waals surface area (Å²) < 4.78 is 0. The molecule has 0 bridgehead atoms. The summed E-state index contributed by atoms with van der Waals surface area (Å²) in [4.78, 5) is 19.9. The molecule has 2 aromatic heterocycles. The van der Waals surface area contributed by atoms with Crippen molar-refractivity contribution in [3.05, 3.63) is 41.7 Å². The minimum atomic E-state index is -0.215. The van der Waals surface area contributed by atoms with E-state index in [9.17, 15) is 4.79 Å². The number of H-pyrrole nitrogens is 1. The number of aliphatic hydroxyl groups excluding tert-OH is 1. The van der Waals surface area contributed by atoms with Crippen LogP contribution in [0.25, 0.3) is 0 Å². The Morgan fingerprint density at radius 3 is 3.10 bits per heavy atom. The number of amides is 1. The third-order valence-electron chi connectivity index (χ3n) is 2.58. The zero-order valence-electron chi connectivity index (χ0n) is 11.3. The standard InChI is InChI=1S/C14H15N5O2/c20-6-2-1-3-11-7-12(9-15-8-11)14(21)16-5-4-13-17-10-18-19-13/h7-10,20H,2,4-6H2,(H,16,21)(H,17,18,19). The highest BCUT2D eigenvalue weighted by molar-refractivity contribution is 5.94. The molecule has 0 aliphatic carbocycles. The van der Waals surface area contributed by atoms with Crippen molar-refractivity contribution in [2.24, 2.45) is 0 Å². The summed E-state index contributed by atoms with van der Waals surface area (Å²) in [6.45, 7) is 0.469. The van der Waals surface area contributed by atoms with Crippen LogP contribution in [0.5, 0.6) is 0 Å². The van der Waals surface area contributed by atoms with Crippen LogP contribution in [0.1, 0.15) is 28.2 Å². The molecule has 0 fully saturated rings. The van der Waals surface area contributed by atoms with Gasteiger partial charge >= 0.3 is 0 Å². The number of aromatic nitrogens is 4. The molecule has 108 valence electrons. The van der Waals surface area contributed by atoms with E-state index in [-0.39, 0.29) is 12.5 Å². The second-order valence-electron chi connectivity index (χ2n) is 4.18. The van der Waals surface area contributed by atoms with Crippen molar-refractivity contribution in [2.45, 2.75) is 12.8 Å². The molecule has 3 N–H and O–H groups in total. The second kappa shape index (κ2) is 7.77. The zero-order valence-corrected chi connectivity index (χ0v) is 11.3. The maximum Gasteiger partial charge on any atom is 0.252 e. The highest BCUT2D eigenvalue weighted by atomic mass is 16.2. The maximum absolute atomic E-state index is 12.0. The number of aromatic amines is 1. The monoisotopic (exact) mass is 285 g/mol. The van der Waals surface area contributed by atoms with E-state index in [4.69, 9.17) is 5.11 Å². The lowest BCUT2D eigenvalue weighted by Crippen LogP contribution is -2.26. The first-order chi connectivity index (χ1) is 10.3. The Labute approximate surface area is 121 Å². The van der Waals surface area contributed by atoms with Gasteiger partial charge in [-0.15, -0.1) is 0 Å². The fourth-order valence-corrected chi connectivity index (χ4v) is 1.60. The van der Waals surface area contributed by atoms with Gasteiger partial charge in [-0.05, 0) is 6.07 Å². The molecule has 0 radical (unpaired) electrons. The van der Waals surface area contributed by atoms with Gasteiger partial charge in [-0.3, -0.25) is 14.9 Å². The SMILES string of the molecule is O=C(NCCc1ncn[nH]1)c1cncc(C#CCCO)c1. The number of rotatable bonds is 5. The molecule has 2 rings (SSSR count). The number of carbonyl (C=O) groups excluding carboxylic acids is 1. The normalized spacial score (nSPS) is 9.76. The fraction of sp³-hybridized carbons (Fsp3) is 0.286. The Morgan fingerprint density at radius 2 is 2.33 bits per heavy atom. The second-order valence-corrected chi connectivity index (χ2v) is 4.18. The molecular formula is C14H15N5O2. The number of nitrogens with one attached hydrogen (secondary N) is 2. The largest absolute Gasteiger partial charge is 0.395 e. The predicted molar refractivity (Wildman–Crippen MR) is 75.2 cm³/mol. The van der Waals surface area contributed by atoms with E-state index in [1.807, 2.05) is 0 Å². The number of nitrogens with zero attached hydrogens (tertiary/aromatic N) is 3. The number of carbonyl (C=O) groups is 1. The summed E-state index contributed by atoms with van der Waals surface area (Å²) in [5.41, 5.74) is 1.09. The molecule has 7 heteroatoms. The molecule has 0 saturated carbocycles. The third kappa shape index (κ3) is 4.71. The molecule has 0 aliphatic rings. The van der Waals surface area contributed by atoms with Crippen molar-refractivity contribution in [2.75, 3.05) is 13.2 Å². The van der Waals surface area contributed by atoms with Crippen molar-refractivity contribution in [3.63, 3.8) is 0 Å². The van der Waals surface area contributed by atoms with Crippen LogP contribution in [-0.2, 0) is 6.42 Å². The lowest BCUT2D eigenvalue weighted by Gasteiger charge is -2.03. The minimum absolute atomic E-state index is 0.0161. The number of hydrogen-bond donors (Lipinski definition) is 3. The van der Waals surface area contributed by atoms with Gasteiger partial charge < -0.3 is 10.4 Å². The Hall–Kier alpha value is -2.72. The van der Waals surface area contributed by atoms with Gasteiger partial charge in [0, 0.05) is 37.3 Å². The molecule has 0 spiro atoms. The van der Waals surface area contributed by atoms with E-state index in [1.54, 1.807) is 12.3 Å². The molecule has 7 nitrogen and oxygen atoms in total. The zero-order chi connectivity index (χ0) is 14.9. The van der Waals surface area contributed by atoms with Crippen molar-refractivity contribution in [1.82, 2.24) is 25.5 Å². The van der Waals surface area contributed by atoms with Gasteiger partial charge in [0.25, 0.3) is 5.91 Å². The van der Waals surface area contributed by atoms with Crippen LogP contribution in [0.3, 0.4) is 0 Å². The van der Waals surface area contributed by atoms with E-state index in [0.717, 1.165) is 5.82 Å². The number of hydrogen-bond acceptors (Lipinski definition) is 5. The lowest BCUT2D eigenvalue weighted by molar-refractivity contribution is 0.0953. The molecule has 0 aliphatic heterocycles. The first-order valence-corrected chi connectivity index (χ1v) is 6.47. The number of aliphatic hydroxyl groups is 1. The summed E-state index contributed by atoms with van der Waals surface area (Å²) >= 11 is 0. The van der Waals surface area contributed by atoms with Crippen LogP contribution in [0, 0.1) is 11.8 Å². The van der Waals surface area contributed by atoms with E-state index < -0.39 is 0 Å². The predicted octanol–water partition coefficient (Wildman–Crippen LogP) is -0.0939. The van der Waals surface area contributed by atoms with Crippen LogP contribution in [0.2, 0.25) is 0 Å². The van der Waals surface area contributed by atoms with Gasteiger partial charge in [0.2, 0.25) is 0 Å². The van der Waals surface area contributed by atoms with E-state index >= 15 is 0 Å². The Kier molecular flexibility index (Phi) is 5.43. The van der Waals surface area contributed by atoms with Crippen LogP contribution < -0.4 is 5.32 Å². The van der Waals surface area contributed by atoms with Crippen LogP contribution in [-0.4, -0.2) is 44.3 Å². The van der Waals surface area contributed by atoms with E-state index in [1.165, 1.54) is 12.5 Å². The van der Waals surface area contributed by atoms with Crippen molar-refractivity contribution < 1.29 is 9.90 Å². The summed E-state index contributed by atoms with van der Waals surface area (Å²) in [6.07, 6.45) is 5.47. The highest BCUT2D eigenvalue weighted by Gasteiger charge is 2.06. The summed E-state index contributed by atoms with van der Waals surface area (Å²) in [5, 5.41) is 17.9. The van der Waals surface area contributed by atoms with Gasteiger partial charge in [-0.1, -0.05) is 11.8 Å². The Balaban J connectivity index is 1.90. The van der Waals surface area contributed by atoms with Crippen molar-refractivity contribution in [3.8, 4) is 11.8 Å². The molecule has 2 heterocycles. The first kappa shape index (κ1) is 14.7. The highest BCUT2D eigenvalue weighted by Crippen LogP contribution is 2.01. The topological polar surface area (TPSA) is 104 Å². The summed E-state index contributed by atoms with van der Waals surface area (Å²) in [5.74, 6) is 6.14. The minimum Gasteiger partial charge on any atom is -0.395 e. The Morgan fingerprint density at radius 1 is 1.43 bits per heavy atom. The summed E-state index contributed by atoms with van der Waals surface area (Å²) in [6, 6.07) is 1.67. The Bertz CT molecular complexity index is 643. The molecule has 21 heavy (non-hydrogen) atoms. The van der Waals surface area contributed by atoms with Gasteiger partial charge in [-0.25, -0.2) is 4.98 Å². The van der Waals surface area contributed by atoms with Crippen LogP contribution >= 0.6 is 0 Å². The molecular weight excluding hydrogens is 270 g/mol. The molecule has 0 aromatic carbocycles. The van der Waals surface area contributed by atoms with Crippen molar-refractivity contribution in [1.29, 1.82) is 0 Å². The molecule has 1 amide bonds. The maximum atomic E-state index is 12.0. The average Bonchev–Trinajstić information content (AvgIpc) is 3.01. The fourth-order valence-electron chi connectivity index (χ4n) is 1.60. The van der Waals surface area contributed by atoms with Crippen LogP contribution in [0.4, 0.5) is 0 Å². The van der Waals surface area contributed by atoms with E-state index in [0.29, 0.717) is 30.5 Å². The molecule has 0 saturated heterocycles. The van der Waals surface area contributed by atoms with E-state index in [2.05, 4.69) is 37.3 Å². The van der Waals surface area contributed by atoms with Gasteiger partial charge in [0.15, 0.2) is 0 Å². The average molecular weight is 285 g/mol.